The number of rotatable bonds is 2. The van der Waals surface area contributed by atoms with Crippen LogP contribution in [0, 0.1) is 5.92 Å². The summed E-state index contributed by atoms with van der Waals surface area (Å²) in [4.78, 5) is 25.0. The average molecular weight is 301 g/mol. The maximum Gasteiger partial charge on any atom is 0.330 e. The van der Waals surface area contributed by atoms with Crippen molar-refractivity contribution < 1.29 is 14.9 Å². The maximum atomic E-state index is 11.8. The molecule has 7 nitrogen and oxygen atoms in total. The third-order valence-corrected chi connectivity index (χ3v) is 5.21. The van der Waals surface area contributed by atoms with E-state index in [1.54, 1.807) is 0 Å². The van der Waals surface area contributed by atoms with Crippen LogP contribution < -0.4 is 11.2 Å². The molecule has 0 amide bonds. The molecule has 2 aliphatic carbocycles. The van der Waals surface area contributed by atoms with Crippen LogP contribution in [0.4, 0.5) is 0 Å². The lowest BCUT2D eigenvalue weighted by molar-refractivity contribution is -0.0771. The lowest BCUT2D eigenvalue weighted by Crippen LogP contribution is -2.39. The molecule has 0 spiro atoms. The predicted molar refractivity (Wildman–Crippen MR) is 67.5 cm³/mol. The van der Waals surface area contributed by atoms with Crippen molar-refractivity contribution in [2.45, 2.75) is 41.8 Å². The molecule has 3 aliphatic rings. The van der Waals surface area contributed by atoms with Crippen molar-refractivity contribution in [3.8, 4) is 0 Å². The fourth-order valence-electron chi connectivity index (χ4n) is 3.44. The summed E-state index contributed by atoms with van der Waals surface area (Å²) in [6.45, 7) is 0. The van der Waals surface area contributed by atoms with Crippen LogP contribution in [0.3, 0.4) is 0 Å². The van der Waals surface area contributed by atoms with Gasteiger partial charge in [-0.3, -0.25) is 14.3 Å². The SMILES string of the molecule is O=c1ccn([C@@H]2O[C@]3(C4CC4)C(O)[C@]3(O)[C@H]2Cl)c(=O)[nH]1. The molecule has 5 atom stereocenters. The number of aliphatic hydroxyl groups is 2. The van der Waals surface area contributed by atoms with E-state index in [2.05, 4.69) is 4.98 Å². The topological polar surface area (TPSA) is 105 Å². The standard InChI is InChI=1S/C12H13ClN2O5/c13-7-8(15-4-3-6(16)14-10(15)18)20-12(5-1-2-5)9(17)11(7,12)19/h3-5,7-9,17,19H,1-2H2,(H,14,16,18)/t7-,8+,9?,11+,12+/m0/s1. The van der Waals surface area contributed by atoms with E-state index in [0.717, 1.165) is 17.4 Å². The van der Waals surface area contributed by atoms with E-state index in [1.807, 2.05) is 0 Å². The van der Waals surface area contributed by atoms with Gasteiger partial charge in [0, 0.05) is 12.3 Å². The lowest BCUT2D eigenvalue weighted by atomic mass is 10.1. The first-order chi connectivity index (χ1) is 9.43. The molecule has 108 valence electrons. The van der Waals surface area contributed by atoms with Crippen molar-refractivity contribution >= 4 is 11.6 Å². The van der Waals surface area contributed by atoms with Gasteiger partial charge in [0.1, 0.15) is 22.7 Å². The molecule has 1 saturated heterocycles. The van der Waals surface area contributed by atoms with Crippen molar-refractivity contribution in [3.63, 3.8) is 0 Å². The Hall–Kier alpha value is -1.15. The van der Waals surface area contributed by atoms with Crippen molar-refractivity contribution in [2.75, 3.05) is 0 Å². The largest absolute Gasteiger partial charge is 0.387 e. The number of aromatic amines is 1. The Balaban J connectivity index is 1.76. The highest BCUT2D eigenvalue weighted by atomic mass is 35.5. The molecule has 0 bridgehead atoms. The van der Waals surface area contributed by atoms with Crippen LogP contribution in [0.1, 0.15) is 19.1 Å². The number of nitrogens with zero attached hydrogens (tertiary/aromatic N) is 1. The highest BCUT2D eigenvalue weighted by Gasteiger charge is 2.90. The predicted octanol–water partition coefficient (Wildman–Crippen LogP) is -1.07. The number of alkyl halides is 1. The first-order valence-electron chi connectivity index (χ1n) is 6.46. The first kappa shape index (κ1) is 12.6. The van der Waals surface area contributed by atoms with Gasteiger partial charge in [-0.05, 0) is 18.8 Å². The van der Waals surface area contributed by atoms with Gasteiger partial charge >= 0.3 is 5.69 Å². The number of H-pyrrole nitrogens is 1. The van der Waals surface area contributed by atoms with Gasteiger partial charge in [-0.2, -0.15) is 0 Å². The van der Waals surface area contributed by atoms with Crippen LogP contribution >= 0.6 is 11.6 Å². The van der Waals surface area contributed by atoms with E-state index in [1.165, 1.54) is 12.3 Å². The van der Waals surface area contributed by atoms with E-state index in [-0.39, 0.29) is 5.92 Å². The van der Waals surface area contributed by atoms with Crippen molar-refractivity contribution in [2.24, 2.45) is 5.92 Å². The molecular weight excluding hydrogens is 288 g/mol. The quantitative estimate of drug-likeness (QED) is 0.603. The van der Waals surface area contributed by atoms with E-state index in [0.29, 0.717) is 0 Å². The van der Waals surface area contributed by atoms with Gasteiger partial charge < -0.3 is 14.9 Å². The number of hydrogen-bond donors (Lipinski definition) is 3. The highest BCUT2D eigenvalue weighted by molar-refractivity contribution is 6.22. The van der Waals surface area contributed by atoms with Crippen LogP contribution in [-0.2, 0) is 4.74 Å². The fraction of sp³-hybridized carbons (Fsp3) is 0.667. The Bertz CT molecular complexity index is 698. The van der Waals surface area contributed by atoms with Gasteiger partial charge in [0.2, 0.25) is 0 Å². The highest BCUT2D eigenvalue weighted by Crippen LogP contribution is 2.71. The fourth-order valence-corrected chi connectivity index (χ4v) is 3.91. The van der Waals surface area contributed by atoms with Crippen LogP contribution in [0.5, 0.6) is 0 Å². The van der Waals surface area contributed by atoms with Gasteiger partial charge in [0.15, 0.2) is 6.23 Å². The summed E-state index contributed by atoms with van der Waals surface area (Å²) >= 11 is 6.23. The monoisotopic (exact) mass is 300 g/mol. The molecule has 4 rings (SSSR count). The molecule has 3 N–H and O–H groups in total. The number of halogens is 1. The first-order valence-corrected chi connectivity index (χ1v) is 6.90. The minimum atomic E-state index is -1.53. The molecule has 1 aliphatic heterocycles. The summed E-state index contributed by atoms with van der Waals surface area (Å²) in [5.74, 6) is 0.0622. The second-order valence-corrected chi connectivity index (χ2v) is 6.19. The zero-order chi connectivity index (χ0) is 14.3. The summed E-state index contributed by atoms with van der Waals surface area (Å²) in [5.41, 5.74) is -3.77. The molecule has 1 aromatic heterocycles. The average Bonchev–Trinajstić information content (AvgIpc) is 3.28. The number of nitrogens with one attached hydrogen (secondary N) is 1. The second kappa shape index (κ2) is 3.54. The van der Waals surface area contributed by atoms with Gasteiger partial charge in [-0.1, -0.05) is 0 Å². The molecule has 3 fully saturated rings. The molecule has 8 heteroatoms. The van der Waals surface area contributed by atoms with Crippen molar-refractivity contribution in [1.82, 2.24) is 9.55 Å². The van der Waals surface area contributed by atoms with E-state index in [4.69, 9.17) is 16.3 Å². The normalized spacial score (nSPS) is 46.2. The minimum absolute atomic E-state index is 0.0622. The summed E-state index contributed by atoms with van der Waals surface area (Å²) in [6, 6.07) is 1.18. The third-order valence-electron chi connectivity index (χ3n) is 4.66. The molecular formula is C12H13ClN2O5. The lowest BCUT2D eigenvalue weighted by Gasteiger charge is -2.23. The summed E-state index contributed by atoms with van der Waals surface area (Å²) < 4.78 is 6.93. The Kier molecular flexibility index (Phi) is 2.23. The molecule has 2 heterocycles. The van der Waals surface area contributed by atoms with Crippen LogP contribution in [0.2, 0.25) is 0 Å². The van der Waals surface area contributed by atoms with Gasteiger partial charge in [-0.15, -0.1) is 11.6 Å². The number of aliphatic hydroxyl groups excluding tert-OH is 1. The van der Waals surface area contributed by atoms with Gasteiger partial charge in [0.05, 0.1) is 0 Å². The van der Waals surface area contributed by atoms with Crippen LogP contribution in [0.25, 0.3) is 0 Å². The number of ether oxygens (including phenoxy) is 1. The number of fused-ring (bicyclic) bond motifs is 1. The zero-order valence-electron chi connectivity index (χ0n) is 10.3. The Labute approximate surface area is 117 Å². The molecule has 20 heavy (non-hydrogen) atoms. The Morgan fingerprint density at radius 2 is 2.15 bits per heavy atom. The summed E-state index contributed by atoms with van der Waals surface area (Å²) in [7, 11) is 0. The summed E-state index contributed by atoms with van der Waals surface area (Å²) in [6.07, 6.45) is 1.06. The molecule has 0 aromatic carbocycles. The zero-order valence-corrected chi connectivity index (χ0v) is 11.1. The Morgan fingerprint density at radius 3 is 2.75 bits per heavy atom. The molecule has 1 aromatic rings. The Morgan fingerprint density at radius 1 is 1.45 bits per heavy atom. The molecule has 2 saturated carbocycles. The second-order valence-electron chi connectivity index (χ2n) is 5.72. The van der Waals surface area contributed by atoms with Crippen molar-refractivity contribution in [1.29, 1.82) is 0 Å². The number of hydrogen-bond acceptors (Lipinski definition) is 5. The van der Waals surface area contributed by atoms with E-state index >= 15 is 0 Å². The minimum Gasteiger partial charge on any atom is -0.387 e. The molecule has 0 radical (unpaired) electrons. The summed E-state index contributed by atoms with van der Waals surface area (Å²) in [5, 5.41) is 19.6. The van der Waals surface area contributed by atoms with E-state index in [9.17, 15) is 19.8 Å². The smallest absolute Gasteiger partial charge is 0.330 e. The third kappa shape index (κ3) is 1.22. The van der Waals surface area contributed by atoms with Crippen LogP contribution in [-0.4, -0.2) is 42.4 Å². The van der Waals surface area contributed by atoms with Crippen LogP contribution in [0.15, 0.2) is 21.9 Å². The molecule has 1 unspecified atom stereocenters. The van der Waals surface area contributed by atoms with E-state index < -0.39 is 40.2 Å². The van der Waals surface area contributed by atoms with Gasteiger partial charge in [0.25, 0.3) is 5.56 Å². The van der Waals surface area contributed by atoms with Gasteiger partial charge in [-0.25, -0.2) is 4.79 Å². The van der Waals surface area contributed by atoms with Crippen molar-refractivity contribution in [3.05, 3.63) is 33.1 Å². The maximum absolute atomic E-state index is 11.8. The number of aromatic nitrogens is 2.